The van der Waals surface area contributed by atoms with E-state index >= 15 is 0 Å². The third-order valence-electron chi connectivity index (χ3n) is 2.16. The summed E-state index contributed by atoms with van der Waals surface area (Å²) in [5.41, 5.74) is -0.0744. The van der Waals surface area contributed by atoms with Crippen LogP contribution >= 0.6 is 23.2 Å². The van der Waals surface area contributed by atoms with E-state index in [0.29, 0.717) is 21.4 Å². The number of nitrogens with zero attached hydrogens (tertiary/aromatic N) is 1. The maximum atomic E-state index is 9.02. The number of rotatable bonds is 2. The molecule has 1 aromatic carbocycles. The fourth-order valence-electron chi connectivity index (χ4n) is 1.32. The number of nitriles is 1. The van der Waals surface area contributed by atoms with Gasteiger partial charge in [0, 0.05) is 5.56 Å². The van der Waals surface area contributed by atoms with Crippen molar-refractivity contribution in [3.63, 3.8) is 0 Å². The molecule has 0 N–H and O–H groups in total. The van der Waals surface area contributed by atoms with Gasteiger partial charge in [0.1, 0.15) is 5.75 Å². The Balaban J connectivity index is 3.40. The first kappa shape index (κ1) is 12.2. The highest BCUT2D eigenvalue weighted by Gasteiger charge is 2.26. The summed E-state index contributed by atoms with van der Waals surface area (Å²) < 4.78 is 5.03. The summed E-state index contributed by atoms with van der Waals surface area (Å²) in [4.78, 5) is 0. The third-order valence-corrected chi connectivity index (χ3v) is 2.75. The minimum Gasteiger partial charge on any atom is -0.497 e. The smallest absolute Gasteiger partial charge is 0.121 e. The average molecular weight is 244 g/mol. The van der Waals surface area contributed by atoms with E-state index in [1.807, 2.05) is 0 Å². The summed E-state index contributed by atoms with van der Waals surface area (Å²) in [6.07, 6.45) is 0. The maximum absolute atomic E-state index is 9.02. The first-order chi connectivity index (χ1) is 6.92. The second kappa shape index (κ2) is 4.30. The Morgan fingerprint density at radius 1 is 1.27 bits per heavy atom. The van der Waals surface area contributed by atoms with E-state index in [2.05, 4.69) is 6.07 Å². The van der Waals surface area contributed by atoms with Crippen LogP contribution in [0.2, 0.25) is 10.0 Å². The minimum absolute atomic E-state index is 0.450. The van der Waals surface area contributed by atoms with Gasteiger partial charge in [0.25, 0.3) is 0 Å². The van der Waals surface area contributed by atoms with Crippen molar-refractivity contribution >= 4 is 23.2 Å². The van der Waals surface area contributed by atoms with Gasteiger partial charge >= 0.3 is 0 Å². The van der Waals surface area contributed by atoms with E-state index in [0.717, 1.165) is 0 Å². The van der Waals surface area contributed by atoms with Crippen molar-refractivity contribution in [1.82, 2.24) is 0 Å². The lowest BCUT2D eigenvalue weighted by Gasteiger charge is -2.19. The quantitative estimate of drug-likeness (QED) is 0.792. The second-order valence-corrected chi connectivity index (χ2v) is 4.52. The van der Waals surface area contributed by atoms with Crippen molar-refractivity contribution in [1.29, 1.82) is 5.26 Å². The summed E-state index contributed by atoms with van der Waals surface area (Å²) in [5, 5.41) is 9.92. The summed E-state index contributed by atoms with van der Waals surface area (Å²) >= 11 is 12.1. The van der Waals surface area contributed by atoms with Gasteiger partial charge in [0.15, 0.2) is 0 Å². The van der Waals surface area contributed by atoms with Crippen LogP contribution in [0.5, 0.6) is 5.75 Å². The Morgan fingerprint density at radius 3 is 2.07 bits per heavy atom. The molecular weight excluding hydrogens is 233 g/mol. The van der Waals surface area contributed by atoms with Crippen LogP contribution in [0.4, 0.5) is 0 Å². The molecule has 2 nitrogen and oxygen atoms in total. The van der Waals surface area contributed by atoms with Crippen molar-refractivity contribution in [3.05, 3.63) is 27.7 Å². The van der Waals surface area contributed by atoms with Gasteiger partial charge in [-0.3, -0.25) is 0 Å². The summed E-state index contributed by atoms with van der Waals surface area (Å²) in [6, 6.07) is 5.48. The van der Waals surface area contributed by atoms with Gasteiger partial charge in [-0.25, -0.2) is 0 Å². The van der Waals surface area contributed by atoms with Gasteiger partial charge in [0.05, 0.1) is 28.6 Å². The fourth-order valence-corrected chi connectivity index (χ4v) is 2.26. The van der Waals surface area contributed by atoms with E-state index < -0.39 is 5.41 Å². The zero-order chi connectivity index (χ0) is 11.6. The molecule has 0 heterocycles. The topological polar surface area (TPSA) is 33.0 Å². The van der Waals surface area contributed by atoms with Crippen LogP contribution in [0.3, 0.4) is 0 Å². The second-order valence-electron chi connectivity index (χ2n) is 3.70. The first-order valence-electron chi connectivity index (χ1n) is 4.37. The van der Waals surface area contributed by atoms with Gasteiger partial charge < -0.3 is 4.74 Å². The lowest BCUT2D eigenvalue weighted by Crippen LogP contribution is -2.15. The molecule has 0 radical (unpaired) electrons. The largest absolute Gasteiger partial charge is 0.497 e. The molecule has 80 valence electrons. The number of halogens is 2. The molecule has 0 aromatic heterocycles. The molecule has 0 amide bonds. The molecule has 0 saturated heterocycles. The molecule has 0 spiro atoms. The molecular formula is C11H11Cl2NO. The molecule has 0 aliphatic heterocycles. The van der Waals surface area contributed by atoms with Crippen LogP contribution in [0.25, 0.3) is 0 Å². The van der Waals surface area contributed by atoms with E-state index in [4.69, 9.17) is 33.2 Å². The SMILES string of the molecule is COc1cc(Cl)c(C(C)(C)C#N)c(Cl)c1. The van der Waals surface area contributed by atoms with E-state index in [9.17, 15) is 0 Å². The molecule has 0 aliphatic rings. The highest BCUT2D eigenvalue weighted by molar-refractivity contribution is 6.36. The standard InChI is InChI=1S/C11H11Cl2NO/c1-11(2,6-14)10-8(12)4-7(15-3)5-9(10)13/h4-5H,1-3H3. The Labute approximate surface area is 99.4 Å². The van der Waals surface area contributed by atoms with Gasteiger partial charge in [-0.2, -0.15) is 5.26 Å². The van der Waals surface area contributed by atoms with Crippen molar-refractivity contribution in [2.45, 2.75) is 19.3 Å². The first-order valence-corrected chi connectivity index (χ1v) is 5.12. The van der Waals surface area contributed by atoms with Crippen LogP contribution < -0.4 is 4.74 Å². The van der Waals surface area contributed by atoms with Crippen LogP contribution in [0.15, 0.2) is 12.1 Å². The monoisotopic (exact) mass is 243 g/mol. The molecule has 0 atom stereocenters. The predicted octanol–water partition coefficient (Wildman–Crippen LogP) is 3.80. The van der Waals surface area contributed by atoms with Gasteiger partial charge in [-0.1, -0.05) is 23.2 Å². The van der Waals surface area contributed by atoms with Crippen LogP contribution in [0.1, 0.15) is 19.4 Å². The number of hydrogen-bond acceptors (Lipinski definition) is 2. The molecule has 1 aromatic rings. The molecule has 0 unspecified atom stereocenters. The van der Waals surface area contributed by atoms with Crippen molar-refractivity contribution < 1.29 is 4.74 Å². The lowest BCUT2D eigenvalue weighted by molar-refractivity contribution is 0.414. The highest BCUT2D eigenvalue weighted by Crippen LogP contribution is 2.38. The van der Waals surface area contributed by atoms with Crippen LogP contribution in [-0.4, -0.2) is 7.11 Å². The Morgan fingerprint density at radius 2 is 1.73 bits per heavy atom. The lowest BCUT2D eigenvalue weighted by atomic mass is 9.86. The number of ether oxygens (including phenoxy) is 1. The molecule has 15 heavy (non-hydrogen) atoms. The normalized spacial score (nSPS) is 10.9. The van der Waals surface area contributed by atoms with Crippen LogP contribution in [-0.2, 0) is 5.41 Å². The highest BCUT2D eigenvalue weighted by atomic mass is 35.5. The van der Waals surface area contributed by atoms with E-state index in [1.54, 1.807) is 26.0 Å². The zero-order valence-electron chi connectivity index (χ0n) is 8.77. The fraction of sp³-hybridized carbons (Fsp3) is 0.364. The number of methoxy groups -OCH3 is 1. The third kappa shape index (κ3) is 2.37. The number of hydrogen-bond donors (Lipinski definition) is 0. The molecule has 0 fully saturated rings. The molecule has 0 bridgehead atoms. The Hall–Kier alpha value is -0.910. The Bertz CT molecular complexity index is 398. The van der Waals surface area contributed by atoms with E-state index in [-0.39, 0.29) is 0 Å². The van der Waals surface area contributed by atoms with E-state index in [1.165, 1.54) is 7.11 Å². The molecule has 4 heteroatoms. The molecule has 0 saturated carbocycles. The van der Waals surface area contributed by atoms with Gasteiger partial charge in [-0.05, 0) is 26.0 Å². The van der Waals surface area contributed by atoms with Crippen LogP contribution in [0, 0.1) is 11.3 Å². The van der Waals surface area contributed by atoms with Crippen molar-refractivity contribution in [2.75, 3.05) is 7.11 Å². The Kier molecular flexibility index (Phi) is 3.49. The minimum atomic E-state index is -0.708. The van der Waals surface area contributed by atoms with Crippen molar-refractivity contribution in [2.24, 2.45) is 0 Å². The summed E-state index contributed by atoms with van der Waals surface area (Å²) in [6.45, 7) is 3.54. The maximum Gasteiger partial charge on any atom is 0.121 e. The van der Waals surface area contributed by atoms with Gasteiger partial charge in [-0.15, -0.1) is 0 Å². The zero-order valence-corrected chi connectivity index (χ0v) is 10.3. The summed E-state index contributed by atoms with van der Waals surface area (Å²) in [7, 11) is 1.54. The number of benzene rings is 1. The molecule has 1 rings (SSSR count). The van der Waals surface area contributed by atoms with Gasteiger partial charge in [0.2, 0.25) is 0 Å². The van der Waals surface area contributed by atoms with Crippen molar-refractivity contribution in [3.8, 4) is 11.8 Å². The summed E-state index contributed by atoms with van der Waals surface area (Å²) in [5.74, 6) is 0.586. The average Bonchev–Trinajstić information content (AvgIpc) is 2.16. The predicted molar refractivity (Wildman–Crippen MR) is 61.7 cm³/mol. The molecule has 0 aliphatic carbocycles.